The summed E-state index contributed by atoms with van der Waals surface area (Å²) in [6.07, 6.45) is 0. The van der Waals surface area contributed by atoms with Crippen LogP contribution in [-0.4, -0.2) is 4.57 Å². The van der Waals surface area contributed by atoms with Crippen LogP contribution in [0.2, 0.25) is 0 Å². The monoisotopic (exact) mass is 246 g/mol. The SMILES string of the molecule is Cc1cc2ccccc2n1Cc1ccc(C#N)cc1. The Morgan fingerprint density at radius 3 is 2.53 bits per heavy atom. The van der Waals surface area contributed by atoms with Gasteiger partial charge in [-0.25, -0.2) is 0 Å². The molecule has 0 unspecified atom stereocenters. The van der Waals surface area contributed by atoms with Crippen LogP contribution in [0.15, 0.2) is 54.6 Å². The highest BCUT2D eigenvalue weighted by atomic mass is 15.0. The number of aryl methyl sites for hydroxylation is 1. The number of benzene rings is 2. The molecule has 3 aromatic rings. The second-order valence-corrected chi connectivity index (χ2v) is 4.74. The average molecular weight is 246 g/mol. The molecule has 0 aliphatic carbocycles. The Hall–Kier alpha value is -2.53. The molecule has 2 heteroatoms. The van der Waals surface area contributed by atoms with E-state index in [1.807, 2.05) is 24.3 Å². The van der Waals surface area contributed by atoms with Gasteiger partial charge in [0.1, 0.15) is 0 Å². The van der Waals surface area contributed by atoms with Gasteiger partial charge in [-0.05, 0) is 42.1 Å². The summed E-state index contributed by atoms with van der Waals surface area (Å²) in [5.41, 5.74) is 4.43. The molecule has 0 atom stereocenters. The molecule has 0 spiro atoms. The van der Waals surface area contributed by atoms with E-state index in [1.54, 1.807) is 0 Å². The zero-order valence-corrected chi connectivity index (χ0v) is 10.8. The first kappa shape index (κ1) is 11.6. The van der Waals surface area contributed by atoms with E-state index in [2.05, 4.69) is 47.9 Å². The third-order valence-corrected chi connectivity index (χ3v) is 3.44. The fourth-order valence-corrected chi connectivity index (χ4v) is 2.43. The Bertz CT molecular complexity index is 758. The molecule has 1 heterocycles. The van der Waals surface area contributed by atoms with Gasteiger partial charge < -0.3 is 4.57 Å². The zero-order valence-electron chi connectivity index (χ0n) is 10.8. The molecule has 2 aromatic carbocycles. The first-order valence-electron chi connectivity index (χ1n) is 6.32. The maximum absolute atomic E-state index is 8.82. The van der Waals surface area contributed by atoms with Crippen molar-refractivity contribution in [1.82, 2.24) is 4.57 Å². The van der Waals surface area contributed by atoms with Gasteiger partial charge in [-0.3, -0.25) is 0 Å². The highest BCUT2D eigenvalue weighted by Gasteiger charge is 2.05. The van der Waals surface area contributed by atoms with E-state index >= 15 is 0 Å². The van der Waals surface area contributed by atoms with Gasteiger partial charge in [-0.2, -0.15) is 5.26 Å². The fourth-order valence-electron chi connectivity index (χ4n) is 2.43. The van der Waals surface area contributed by atoms with Crippen molar-refractivity contribution in [1.29, 1.82) is 5.26 Å². The molecule has 0 fully saturated rings. The largest absolute Gasteiger partial charge is 0.340 e. The standard InChI is InChI=1S/C17H14N2/c1-13-10-16-4-2-3-5-17(16)19(13)12-15-8-6-14(11-18)7-9-15/h2-10H,12H2,1H3. The van der Waals surface area contributed by atoms with Crippen LogP contribution in [0.25, 0.3) is 10.9 Å². The molecule has 0 amide bonds. The Kier molecular flexibility index (Phi) is 2.81. The number of nitriles is 1. The number of para-hydroxylation sites is 1. The number of nitrogens with zero attached hydrogens (tertiary/aromatic N) is 2. The molecular weight excluding hydrogens is 232 g/mol. The maximum atomic E-state index is 8.82. The number of rotatable bonds is 2. The third kappa shape index (κ3) is 2.11. The van der Waals surface area contributed by atoms with Crippen LogP contribution >= 0.6 is 0 Å². The van der Waals surface area contributed by atoms with Crippen LogP contribution in [0.1, 0.15) is 16.8 Å². The molecule has 0 aliphatic rings. The van der Waals surface area contributed by atoms with Crippen molar-refractivity contribution < 1.29 is 0 Å². The normalized spacial score (nSPS) is 10.5. The molecule has 0 bridgehead atoms. The summed E-state index contributed by atoms with van der Waals surface area (Å²) in [5, 5.41) is 10.1. The predicted molar refractivity (Wildman–Crippen MR) is 76.9 cm³/mol. The molecule has 19 heavy (non-hydrogen) atoms. The van der Waals surface area contributed by atoms with Crippen molar-refractivity contribution in [2.75, 3.05) is 0 Å². The van der Waals surface area contributed by atoms with Crippen LogP contribution in [0.5, 0.6) is 0 Å². The van der Waals surface area contributed by atoms with E-state index in [9.17, 15) is 0 Å². The van der Waals surface area contributed by atoms with E-state index in [1.165, 1.54) is 22.2 Å². The maximum Gasteiger partial charge on any atom is 0.0991 e. The molecule has 3 rings (SSSR count). The van der Waals surface area contributed by atoms with Crippen molar-refractivity contribution in [3.8, 4) is 6.07 Å². The van der Waals surface area contributed by atoms with Crippen molar-refractivity contribution in [2.45, 2.75) is 13.5 Å². The van der Waals surface area contributed by atoms with Crippen molar-refractivity contribution in [3.63, 3.8) is 0 Å². The summed E-state index contributed by atoms with van der Waals surface area (Å²) in [7, 11) is 0. The van der Waals surface area contributed by atoms with E-state index in [-0.39, 0.29) is 0 Å². The number of aromatic nitrogens is 1. The van der Waals surface area contributed by atoms with E-state index in [0.29, 0.717) is 5.56 Å². The molecule has 0 saturated carbocycles. The van der Waals surface area contributed by atoms with Gasteiger partial charge in [0.2, 0.25) is 0 Å². The van der Waals surface area contributed by atoms with Crippen molar-refractivity contribution in [3.05, 3.63) is 71.4 Å². The Balaban J connectivity index is 2.00. The topological polar surface area (TPSA) is 28.7 Å². The van der Waals surface area contributed by atoms with E-state index in [0.717, 1.165) is 6.54 Å². The van der Waals surface area contributed by atoms with Gasteiger partial charge in [-0.1, -0.05) is 30.3 Å². The predicted octanol–water partition coefficient (Wildman–Crippen LogP) is 3.87. The third-order valence-electron chi connectivity index (χ3n) is 3.44. The van der Waals surface area contributed by atoms with Crippen molar-refractivity contribution >= 4 is 10.9 Å². The summed E-state index contributed by atoms with van der Waals surface area (Å²) in [6, 6.07) is 20.5. The van der Waals surface area contributed by atoms with E-state index < -0.39 is 0 Å². The minimum atomic E-state index is 0.706. The lowest BCUT2D eigenvalue weighted by Crippen LogP contribution is -2.01. The highest BCUT2D eigenvalue weighted by molar-refractivity contribution is 5.81. The van der Waals surface area contributed by atoms with Crippen LogP contribution in [-0.2, 0) is 6.54 Å². The van der Waals surface area contributed by atoms with Crippen molar-refractivity contribution in [2.24, 2.45) is 0 Å². The summed E-state index contributed by atoms with van der Waals surface area (Å²) in [6.45, 7) is 2.97. The second-order valence-electron chi connectivity index (χ2n) is 4.74. The summed E-state index contributed by atoms with van der Waals surface area (Å²) >= 11 is 0. The molecule has 2 nitrogen and oxygen atoms in total. The highest BCUT2D eigenvalue weighted by Crippen LogP contribution is 2.20. The average Bonchev–Trinajstić information content (AvgIpc) is 2.76. The molecule has 1 aromatic heterocycles. The number of hydrogen-bond donors (Lipinski definition) is 0. The quantitative estimate of drug-likeness (QED) is 0.674. The first-order chi connectivity index (χ1) is 9.28. The lowest BCUT2D eigenvalue weighted by Gasteiger charge is -2.08. The lowest BCUT2D eigenvalue weighted by atomic mass is 10.1. The van der Waals surface area contributed by atoms with Gasteiger partial charge in [0.05, 0.1) is 11.6 Å². The molecular formula is C17H14N2. The Labute approximate surface area is 112 Å². The minimum Gasteiger partial charge on any atom is -0.340 e. The lowest BCUT2D eigenvalue weighted by molar-refractivity contribution is 0.805. The molecule has 0 radical (unpaired) electrons. The van der Waals surface area contributed by atoms with Gasteiger partial charge in [0.25, 0.3) is 0 Å². The summed E-state index contributed by atoms with van der Waals surface area (Å²) in [5.74, 6) is 0. The van der Waals surface area contributed by atoms with Crippen LogP contribution in [0.4, 0.5) is 0 Å². The molecule has 0 aliphatic heterocycles. The second kappa shape index (κ2) is 4.62. The van der Waals surface area contributed by atoms with Crippen LogP contribution in [0, 0.1) is 18.3 Å². The molecule has 0 N–H and O–H groups in total. The zero-order chi connectivity index (χ0) is 13.2. The van der Waals surface area contributed by atoms with Crippen LogP contribution < -0.4 is 0 Å². The molecule has 0 saturated heterocycles. The number of hydrogen-bond acceptors (Lipinski definition) is 1. The Morgan fingerprint density at radius 2 is 1.79 bits per heavy atom. The fraction of sp³-hybridized carbons (Fsp3) is 0.118. The minimum absolute atomic E-state index is 0.706. The molecule has 92 valence electrons. The van der Waals surface area contributed by atoms with Crippen LogP contribution in [0.3, 0.4) is 0 Å². The first-order valence-corrected chi connectivity index (χ1v) is 6.32. The summed E-state index contributed by atoms with van der Waals surface area (Å²) < 4.78 is 2.30. The van der Waals surface area contributed by atoms with Gasteiger partial charge in [-0.15, -0.1) is 0 Å². The smallest absolute Gasteiger partial charge is 0.0991 e. The van der Waals surface area contributed by atoms with E-state index in [4.69, 9.17) is 5.26 Å². The van der Waals surface area contributed by atoms with Gasteiger partial charge in [0, 0.05) is 17.8 Å². The van der Waals surface area contributed by atoms with Gasteiger partial charge in [0.15, 0.2) is 0 Å². The van der Waals surface area contributed by atoms with Gasteiger partial charge >= 0.3 is 0 Å². The number of fused-ring (bicyclic) bond motifs is 1. The summed E-state index contributed by atoms with van der Waals surface area (Å²) in [4.78, 5) is 0. The Morgan fingerprint density at radius 1 is 1.05 bits per heavy atom.